The lowest BCUT2D eigenvalue weighted by atomic mass is 9.83. The molecule has 4 heteroatoms. The van der Waals surface area contributed by atoms with Crippen LogP contribution in [-0.2, 0) is 4.79 Å². The Morgan fingerprint density at radius 2 is 1.62 bits per heavy atom. The van der Waals surface area contributed by atoms with E-state index in [1.165, 1.54) is 44.9 Å². The van der Waals surface area contributed by atoms with E-state index in [-0.39, 0.29) is 5.91 Å². The summed E-state index contributed by atoms with van der Waals surface area (Å²) < 4.78 is 0. The van der Waals surface area contributed by atoms with Crippen molar-refractivity contribution >= 4 is 23.1 Å². The Morgan fingerprint density at radius 3 is 2.19 bits per heavy atom. The fourth-order valence-corrected chi connectivity index (χ4v) is 4.16. The third-order valence-electron chi connectivity index (χ3n) is 5.31. The molecule has 3 nitrogen and oxygen atoms in total. The summed E-state index contributed by atoms with van der Waals surface area (Å²) in [6.45, 7) is 0. The van der Waals surface area contributed by atoms with Gasteiger partial charge in [-0.1, -0.05) is 70.0 Å². The Morgan fingerprint density at radius 1 is 1.05 bits per heavy atom. The number of nitrogens with two attached hydrogens (primary N) is 1. The van der Waals surface area contributed by atoms with Crippen LogP contribution in [0.15, 0.2) is 0 Å². The minimum atomic E-state index is -0.414. The van der Waals surface area contributed by atoms with Crippen LogP contribution in [0.5, 0.6) is 0 Å². The molecule has 2 saturated carbocycles. The Balaban J connectivity index is 1.87. The zero-order chi connectivity index (χ0) is 15.1. The summed E-state index contributed by atoms with van der Waals surface area (Å²) in [6, 6.07) is 0. The number of hydrogen-bond donors (Lipinski definition) is 2. The van der Waals surface area contributed by atoms with Gasteiger partial charge in [-0.05, 0) is 25.2 Å². The van der Waals surface area contributed by atoms with E-state index in [0.717, 1.165) is 38.0 Å². The minimum Gasteiger partial charge on any atom is -0.391 e. The SMILES string of the molecule is NC(=S)C1(NC(=O)CCC2CCCC2)CCCCCCC1. The third-order valence-corrected chi connectivity index (χ3v) is 5.70. The monoisotopic (exact) mass is 310 g/mol. The van der Waals surface area contributed by atoms with Gasteiger partial charge in [-0.2, -0.15) is 0 Å². The van der Waals surface area contributed by atoms with Crippen molar-refractivity contribution in [2.45, 2.75) is 89.0 Å². The molecule has 2 rings (SSSR count). The Bertz CT molecular complexity index is 356. The lowest BCUT2D eigenvalue weighted by Gasteiger charge is -2.35. The van der Waals surface area contributed by atoms with Gasteiger partial charge in [0.05, 0.1) is 10.5 Å². The second kappa shape index (κ2) is 8.11. The van der Waals surface area contributed by atoms with Crippen molar-refractivity contribution in [3.05, 3.63) is 0 Å². The second-order valence-electron chi connectivity index (χ2n) is 6.95. The van der Waals surface area contributed by atoms with E-state index < -0.39 is 5.54 Å². The predicted molar refractivity (Wildman–Crippen MR) is 91.2 cm³/mol. The van der Waals surface area contributed by atoms with Crippen molar-refractivity contribution in [2.75, 3.05) is 0 Å². The van der Waals surface area contributed by atoms with Crippen LogP contribution < -0.4 is 11.1 Å². The first-order valence-electron chi connectivity index (χ1n) is 8.73. The molecule has 120 valence electrons. The molecule has 2 fully saturated rings. The molecule has 0 atom stereocenters. The van der Waals surface area contributed by atoms with Gasteiger partial charge in [-0.15, -0.1) is 0 Å². The van der Waals surface area contributed by atoms with Crippen LogP contribution in [0.3, 0.4) is 0 Å². The van der Waals surface area contributed by atoms with Crippen LogP contribution in [0.25, 0.3) is 0 Å². The summed E-state index contributed by atoms with van der Waals surface area (Å²) in [5.41, 5.74) is 5.59. The van der Waals surface area contributed by atoms with Gasteiger partial charge in [-0.3, -0.25) is 4.79 Å². The van der Waals surface area contributed by atoms with Gasteiger partial charge in [0, 0.05) is 6.42 Å². The van der Waals surface area contributed by atoms with Crippen LogP contribution in [0, 0.1) is 5.92 Å². The first-order chi connectivity index (χ1) is 10.1. The molecule has 0 saturated heterocycles. The van der Waals surface area contributed by atoms with Crippen LogP contribution in [0.2, 0.25) is 0 Å². The van der Waals surface area contributed by atoms with Crippen molar-refractivity contribution in [3.8, 4) is 0 Å². The van der Waals surface area contributed by atoms with E-state index in [2.05, 4.69) is 5.32 Å². The van der Waals surface area contributed by atoms with Crippen molar-refractivity contribution in [1.82, 2.24) is 5.32 Å². The molecule has 0 bridgehead atoms. The first-order valence-corrected chi connectivity index (χ1v) is 9.14. The highest BCUT2D eigenvalue weighted by Gasteiger charge is 2.34. The van der Waals surface area contributed by atoms with Gasteiger partial charge in [0.15, 0.2) is 0 Å². The lowest BCUT2D eigenvalue weighted by molar-refractivity contribution is -0.122. The number of carbonyl (C=O) groups is 1. The Labute approximate surface area is 134 Å². The Kier molecular flexibility index (Phi) is 6.46. The maximum atomic E-state index is 12.3. The number of thiocarbonyl (C=S) groups is 1. The smallest absolute Gasteiger partial charge is 0.220 e. The molecule has 1 amide bonds. The van der Waals surface area contributed by atoms with Crippen LogP contribution in [0.4, 0.5) is 0 Å². The molecule has 0 spiro atoms. The van der Waals surface area contributed by atoms with Gasteiger partial charge >= 0.3 is 0 Å². The summed E-state index contributed by atoms with van der Waals surface area (Å²) in [5, 5.41) is 3.22. The number of hydrogen-bond acceptors (Lipinski definition) is 2. The minimum absolute atomic E-state index is 0.148. The highest BCUT2D eigenvalue weighted by Crippen LogP contribution is 2.30. The van der Waals surface area contributed by atoms with Crippen molar-refractivity contribution in [3.63, 3.8) is 0 Å². The molecular weight excluding hydrogens is 280 g/mol. The maximum Gasteiger partial charge on any atom is 0.220 e. The van der Waals surface area contributed by atoms with E-state index in [9.17, 15) is 4.79 Å². The van der Waals surface area contributed by atoms with Crippen LogP contribution in [-0.4, -0.2) is 16.4 Å². The molecule has 2 aliphatic carbocycles. The quantitative estimate of drug-likeness (QED) is 0.759. The van der Waals surface area contributed by atoms with Crippen LogP contribution in [0.1, 0.15) is 83.5 Å². The molecule has 2 aliphatic rings. The van der Waals surface area contributed by atoms with Gasteiger partial charge in [0.25, 0.3) is 0 Å². The average Bonchev–Trinajstić information content (AvgIpc) is 2.92. The zero-order valence-electron chi connectivity index (χ0n) is 13.2. The normalized spacial score (nSPS) is 23.2. The third kappa shape index (κ3) is 4.94. The summed E-state index contributed by atoms with van der Waals surface area (Å²) >= 11 is 5.30. The van der Waals surface area contributed by atoms with E-state index in [0.29, 0.717) is 11.4 Å². The van der Waals surface area contributed by atoms with Gasteiger partial charge < -0.3 is 11.1 Å². The summed E-state index contributed by atoms with van der Waals surface area (Å²) in [4.78, 5) is 12.8. The molecule has 0 aromatic heterocycles. The van der Waals surface area contributed by atoms with E-state index in [1.807, 2.05) is 0 Å². The summed E-state index contributed by atoms with van der Waals surface area (Å²) in [5.74, 6) is 0.907. The fourth-order valence-electron chi connectivity index (χ4n) is 3.91. The number of carbonyl (C=O) groups excluding carboxylic acids is 1. The molecule has 0 aromatic carbocycles. The van der Waals surface area contributed by atoms with Gasteiger partial charge in [-0.25, -0.2) is 0 Å². The van der Waals surface area contributed by atoms with E-state index >= 15 is 0 Å². The molecule has 21 heavy (non-hydrogen) atoms. The maximum absolute atomic E-state index is 12.3. The molecule has 3 N–H and O–H groups in total. The van der Waals surface area contributed by atoms with Crippen molar-refractivity contribution < 1.29 is 4.79 Å². The van der Waals surface area contributed by atoms with Crippen molar-refractivity contribution in [1.29, 1.82) is 0 Å². The van der Waals surface area contributed by atoms with Gasteiger partial charge in [0.1, 0.15) is 0 Å². The lowest BCUT2D eigenvalue weighted by Crippen LogP contribution is -2.57. The standard InChI is InChI=1S/C17H30N2OS/c18-16(21)17(12-6-2-1-3-7-13-17)19-15(20)11-10-14-8-4-5-9-14/h14H,1-13H2,(H2,18,21)(H,19,20). The van der Waals surface area contributed by atoms with Crippen molar-refractivity contribution in [2.24, 2.45) is 11.7 Å². The van der Waals surface area contributed by atoms with E-state index in [4.69, 9.17) is 18.0 Å². The molecular formula is C17H30N2OS. The highest BCUT2D eigenvalue weighted by atomic mass is 32.1. The number of amides is 1. The molecule has 0 radical (unpaired) electrons. The van der Waals surface area contributed by atoms with Crippen LogP contribution >= 0.6 is 12.2 Å². The highest BCUT2D eigenvalue weighted by molar-refractivity contribution is 7.80. The molecule has 0 aromatic rings. The van der Waals surface area contributed by atoms with Gasteiger partial charge in [0.2, 0.25) is 5.91 Å². The number of rotatable bonds is 5. The first kappa shape index (κ1) is 16.7. The molecule has 0 aliphatic heterocycles. The number of nitrogens with one attached hydrogen (secondary N) is 1. The largest absolute Gasteiger partial charge is 0.391 e. The topological polar surface area (TPSA) is 55.1 Å². The van der Waals surface area contributed by atoms with E-state index in [1.54, 1.807) is 0 Å². The molecule has 0 heterocycles. The second-order valence-corrected chi connectivity index (χ2v) is 7.39. The fraction of sp³-hybridized carbons (Fsp3) is 0.882. The Hall–Kier alpha value is -0.640. The summed E-state index contributed by atoms with van der Waals surface area (Å²) in [6.07, 6.45) is 14.7. The summed E-state index contributed by atoms with van der Waals surface area (Å²) in [7, 11) is 0. The molecule has 0 unspecified atom stereocenters. The zero-order valence-corrected chi connectivity index (χ0v) is 14.0. The average molecular weight is 311 g/mol. The predicted octanol–water partition coefficient (Wildman–Crippen LogP) is 3.84.